The van der Waals surface area contributed by atoms with Gasteiger partial charge in [0.15, 0.2) is 0 Å². The van der Waals surface area contributed by atoms with Crippen LogP contribution in [-0.2, 0) is 19.3 Å². The molecule has 0 N–H and O–H groups in total. The molecule has 0 nitrogen and oxygen atoms in total. The number of hydrogen-bond donors (Lipinski definition) is 0. The van der Waals surface area contributed by atoms with Gasteiger partial charge in [0.05, 0.1) is 0 Å². The second-order valence-electron chi connectivity index (χ2n) is 6.39. The average molecular weight is 306 g/mol. The van der Waals surface area contributed by atoms with E-state index in [2.05, 4.69) is 75.4 Å². The summed E-state index contributed by atoms with van der Waals surface area (Å²) in [6.45, 7) is 6.72. The van der Waals surface area contributed by atoms with Gasteiger partial charge in [-0.15, -0.1) is 0 Å². The van der Waals surface area contributed by atoms with E-state index in [-0.39, 0.29) is 0 Å². The Bertz CT molecular complexity index is 599. The third kappa shape index (κ3) is 5.71. The van der Waals surface area contributed by atoms with Crippen LogP contribution in [0.5, 0.6) is 0 Å². The third-order valence-corrected chi connectivity index (χ3v) is 4.34. The van der Waals surface area contributed by atoms with Crippen LogP contribution in [0.25, 0.3) is 6.08 Å². The maximum Gasteiger partial charge on any atom is -0.00639 e. The lowest BCUT2D eigenvalue weighted by molar-refractivity contribution is 0.919. The van der Waals surface area contributed by atoms with Crippen LogP contribution in [0.1, 0.15) is 62.3 Å². The molecule has 2 aromatic rings. The molecule has 2 aromatic carbocycles. The second-order valence-corrected chi connectivity index (χ2v) is 6.39. The molecule has 0 heterocycles. The molecule has 0 fully saturated rings. The lowest BCUT2D eigenvalue weighted by atomic mass is 9.98. The van der Waals surface area contributed by atoms with Crippen molar-refractivity contribution < 1.29 is 0 Å². The minimum absolute atomic E-state index is 1.06. The molecule has 0 bridgehead atoms. The Labute approximate surface area is 142 Å². The first-order chi connectivity index (χ1) is 11.2. The zero-order valence-electron chi connectivity index (χ0n) is 14.9. The van der Waals surface area contributed by atoms with Gasteiger partial charge in [-0.2, -0.15) is 0 Å². The van der Waals surface area contributed by atoms with E-state index in [1.54, 1.807) is 0 Å². The SMILES string of the molecule is CCCc1ccc(C=C(CC)Cc2ccc(CCC)cc2)cc1. The molecule has 0 amide bonds. The summed E-state index contributed by atoms with van der Waals surface area (Å²) in [7, 11) is 0. The third-order valence-electron chi connectivity index (χ3n) is 4.34. The van der Waals surface area contributed by atoms with Gasteiger partial charge in [0.25, 0.3) is 0 Å². The first-order valence-corrected chi connectivity index (χ1v) is 9.11. The molecule has 0 aromatic heterocycles. The molecule has 0 aliphatic rings. The second kappa shape index (κ2) is 9.35. The van der Waals surface area contributed by atoms with Gasteiger partial charge in [0.1, 0.15) is 0 Å². The Hall–Kier alpha value is -1.82. The number of benzene rings is 2. The fourth-order valence-electron chi connectivity index (χ4n) is 2.96. The Kier molecular flexibility index (Phi) is 7.13. The summed E-state index contributed by atoms with van der Waals surface area (Å²) >= 11 is 0. The van der Waals surface area contributed by atoms with Gasteiger partial charge < -0.3 is 0 Å². The molecule has 0 aliphatic heterocycles. The van der Waals surface area contributed by atoms with E-state index in [0.717, 1.165) is 12.8 Å². The molecule has 2 rings (SSSR count). The lowest BCUT2D eigenvalue weighted by Crippen LogP contribution is -1.91. The summed E-state index contributed by atoms with van der Waals surface area (Å²) in [6, 6.07) is 18.2. The lowest BCUT2D eigenvalue weighted by Gasteiger charge is -2.07. The molecule has 0 spiro atoms. The van der Waals surface area contributed by atoms with E-state index in [1.165, 1.54) is 53.5 Å². The van der Waals surface area contributed by atoms with Gasteiger partial charge in [-0.1, -0.05) is 93.8 Å². The van der Waals surface area contributed by atoms with E-state index in [1.807, 2.05) is 0 Å². The molecule has 0 heteroatoms. The summed E-state index contributed by atoms with van der Waals surface area (Å²) in [6.07, 6.45) is 9.30. The Balaban J connectivity index is 2.06. The van der Waals surface area contributed by atoms with Crippen LogP contribution in [-0.4, -0.2) is 0 Å². The molecule has 0 atom stereocenters. The zero-order valence-corrected chi connectivity index (χ0v) is 14.9. The monoisotopic (exact) mass is 306 g/mol. The minimum Gasteiger partial charge on any atom is -0.0655 e. The highest BCUT2D eigenvalue weighted by molar-refractivity contribution is 5.54. The normalized spacial score (nSPS) is 11.7. The molecule has 23 heavy (non-hydrogen) atoms. The number of allylic oxidation sites excluding steroid dienone is 1. The molecule has 0 saturated heterocycles. The summed E-state index contributed by atoms with van der Waals surface area (Å²) in [5.74, 6) is 0. The predicted octanol–water partition coefficient (Wildman–Crippen LogP) is 6.63. The van der Waals surface area contributed by atoms with E-state index in [4.69, 9.17) is 0 Å². The van der Waals surface area contributed by atoms with Crippen LogP contribution in [0.2, 0.25) is 0 Å². The predicted molar refractivity (Wildman–Crippen MR) is 103 cm³/mol. The quantitative estimate of drug-likeness (QED) is 0.513. The van der Waals surface area contributed by atoms with Crippen molar-refractivity contribution in [2.75, 3.05) is 0 Å². The van der Waals surface area contributed by atoms with Gasteiger partial charge >= 0.3 is 0 Å². The van der Waals surface area contributed by atoms with Crippen molar-refractivity contribution in [2.24, 2.45) is 0 Å². The molecule has 0 aliphatic carbocycles. The maximum absolute atomic E-state index is 2.36. The molecule has 0 radical (unpaired) electrons. The van der Waals surface area contributed by atoms with Crippen molar-refractivity contribution in [1.82, 2.24) is 0 Å². The highest BCUT2D eigenvalue weighted by atomic mass is 14.1. The summed E-state index contributed by atoms with van der Waals surface area (Å²) in [5, 5.41) is 0. The highest BCUT2D eigenvalue weighted by Gasteiger charge is 2.00. The van der Waals surface area contributed by atoms with Gasteiger partial charge in [-0.3, -0.25) is 0 Å². The minimum atomic E-state index is 1.06. The van der Waals surface area contributed by atoms with Crippen LogP contribution in [0.4, 0.5) is 0 Å². The molecular formula is C23H30. The fraction of sp³-hybridized carbons (Fsp3) is 0.391. The van der Waals surface area contributed by atoms with Crippen LogP contribution < -0.4 is 0 Å². The molecule has 122 valence electrons. The highest BCUT2D eigenvalue weighted by Crippen LogP contribution is 2.17. The number of aryl methyl sites for hydroxylation is 2. The van der Waals surface area contributed by atoms with Crippen LogP contribution >= 0.6 is 0 Å². The molecule has 0 saturated carbocycles. The Morgan fingerprint density at radius 2 is 1.17 bits per heavy atom. The number of hydrogen-bond acceptors (Lipinski definition) is 0. The van der Waals surface area contributed by atoms with E-state index in [0.29, 0.717) is 0 Å². The first-order valence-electron chi connectivity index (χ1n) is 9.11. The summed E-state index contributed by atoms with van der Waals surface area (Å²) < 4.78 is 0. The van der Waals surface area contributed by atoms with Crippen molar-refractivity contribution >= 4 is 6.08 Å². The van der Waals surface area contributed by atoms with Crippen molar-refractivity contribution in [3.05, 3.63) is 76.4 Å². The van der Waals surface area contributed by atoms with E-state index >= 15 is 0 Å². The molecule has 0 unspecified atom stereocenters. The Morgan fingerprint density at radius 1 is 0.696 bits per heavy atom. The van der Waals surface area contributed by atoms with Crippen molar-refractivity contribution in [3.63, 3.8) is 0 Å². The van der Waals surface area contributed by atoms with E-state index < -0.39 is 0 Å². The van der Waals surface area contributed by atoms with Gasteiger partial charge in [-0.25, -0.2) is 0 Å². The maximum atomic E-state index is 2.36. The van der Waals surface area contributed by atoms with Gasteiger partial charge in [0, 0.05) is 0 Å². The summed E-state index contributed by atoms with van der Waals surface area (Å²) in [4.78, 5) is 0. The van der Waals surface area contributed by atoms with Crippen LogP contribution in [0.15, 0.2) is 54.1 Å². The van der Waals surface area contributed by atoms with Crippen LogP contribution in [0, 0.1) is 0 Å². The average Bonchev–Trinajstić information content (AvgIpc) is 2.58. The topological polar surface area (TPSA) is 0 Å². The Morgan fingerprint density at radius 3 is 1.65 bits per heavy atom. The van der Waals surface area contributed by atoms with Gasteiger partial charge in [0.2, 0.25) is 0 Å². The zero-order chi connectivity index (χ0) is 16.5. The van der Waals surface area contributed by atoms with Gasteiger partial charge in [-0.05, 0) is 47.9 Å². The first kappa shape index (κ1) is 17.5. The number of rotatable bonds is 8. The summed E-state index contributed by atoms with van der Waals surface area (Å²) in [5.41, 5.74) is 7.13. The molecular weight excluding hydrogens is 276 g/mol. The largest absolute Gasteiger partial charge is 0.0655 e. The van der Waals surface area contributed by atoms with Crippen molar-refractivity contribution in [1.29, 1.82) is 0 Å². The van der Waals surface area contributed by atoms with Crippen molar-refractivity contribution in [2.45, 2.75) is 59.3 Å². The standard InChI is InChI=1S/C23H30/c1-4-7-20-9-13-22(14-10-20)17-19(6-3)18-23-15-11-21(8-5-2)12-16-23/h9-17H,4-8,18H2,1-3H3. The van der Waals surface area contributed by atoms with E-state index in [9.17, 15) is 0 Å². The fourth-order valence-corrected chi connectivity index (χ4v) is 2.96. The van der Waals surface area contributed by atoms with Crippen LogP contribution in [0.3, 0.4) is 0 Å². The smallest absolute Gasteiger partial charge is 0.00639 e. The van der Waals surface area contributed by atoms with Crippen molar-refractivity contribution in [3.8, 4) is 0 Å².